The van der Waals surface area contributed by atoms with Crippen LogP contribution < -0.4 is 0 Å². The molecule has 1 aliphatic rings. The molecule has 3 heteroatoms. The molecular formula is C20H25FN2. The topological polar surface area (TPSA) is 25.8 Å². The standard InChI is InChI=1S/C20H25FN2/c1-14-3-6-16(7-4-14)8-9-17-10-11-18(13-19(17)21)20-12-5-15(2)22-23-20/h5,10-14,16H,3-4,6-9H2,1-2H3. The maximum Gasteiger partial charge on any atom is 0.127 e. The summed E-state index contributed by atoms with van der Waals surface area (Å²) < 4.78 is 14.4. The molecule has 1 fully saturated rings. The van der Waals surface area contributed by atoms with Gasteiger partial charge in [-0.25, -0.2) is 4.39 Å². The van der Waals surface area contributed by atoms with Gasteiger partial charge in [0.25, 0.3) is 0 Å². The smallest absolute Gasteiger partial charge is 0.127 e. The number of aromatic nitrogens is 2. The van der Waals surface area contributed by atoms with Crippen molar-refractivity contribution in [2.45, 2.75) is 52.4 Å². The van der Waals surface area contributed by atoms with Gasteiger partial charge >= 0.3 is 0 Å². The third-order valence-electron chi connectivity index (χ3n) is 5.10. The van der Waals surface area contributed by atoms with Crippen molar-refractivity contribution in [3.8, 4) is 11.3 Å². The van der Waals surface area contributed by atoms with Crippen LogP contribution in [0, 0.1) is 24.6 Å². The number of aryl methyl sites for hydroxylation is 2. The molecule has 1 aromatic carbocycles. The molecule has 23 heavy (non-hydrogen) atoms. The van der Waals surface area contributed by atoms with E-state index in [0.717, 1.165) is 47.2 Å². The Morgan fingerprint density at radius 3 is 2.48 bits per heavy atom. The molecule has 3 rings (SSSR count). The van der Waals surface area contributed by atoms with Crippen LogP contribution in [0.5, 0.6) is 0 Å². The number of nitrogens with zero attached hydrogens (tertiary/aromatic N) is 2. The summed E-state index contributed by atoms with van der Waals surface area (Å²) in [7, 11) is 0. The van der Waals surface area contributed by atoms with Crippen LogP contribution in [0.25, 0.3) is 11.3 Å². The van der Waals surface area contributed by atoms with Crippen molar-refractivity contribution in [1.29, 1.82) is 0 Å². The van der Waals surface area contributed by atoms with E-state index in [2.05, 4.69) is 17.1 Å². The van der Waals surface area contributed by atoms with Crippen LogP contribution in [-0.2, 0) is 6.42 Å². The Morgan fingerprint density at radius 2 is 1.83 bits per heavy atom. The zero-order valence-corrected chi connectivity index (χ0v) is 14.1. The Labute approximate surface area is 138 Å². The summed E-state index contributed by atoms with van der Waals surface area (Å²) in [4.78, 5) is 0. The van der Waals surface area contributed by atoms with Crippen molar-refractivity contribution in [2.24, 2.45) is 11.8 Å². The minimum Gasteiger partial charge on any atom is -0.207 e. The lowest BCUT2D eigenvalue weighted by atomic mass is 9.80. The Bertz CT molecular complexity index is 643. The highest BCUT2D eigenvalue weighted by Crippen LogP contribution is 2.31. The van der Waals surface area contributed by atoms with Gasteiger partial charge in [-0.1, -0.05) is 44.7 Å². The summed E-state index contributed by atoms with van der Waals surface area (Å²) >= 11 is 0. The Hall–Kier alpha value is -1.77. The first-order chi connectivity index (χ1) is 11.1. The fraction of sp³-hybridized carbons (Fsp3) is 0.500. The van der Waals surface area contributed by atoms with Crippen LogP contribution in [0.2, 0.25) is 0 Å². The molecule has 2 nitrogen and oxygen atoms in total. The van der Waals surface area contributed by atoms with Crippen molar-refractivity contribution in [3.63, 3.8) is 0 Å². The number of rotatable bonds is 4. The molecule has 0 amide bonds. The van der Waals surface area contributed by atoms with Gasteiger partial charge in [-0.05, 0) is 55.4 Å². The zero-order valence-electron chi connectivity index (χ0n) is 14.1. The van der Waals surface area contributed by atoms with Crippen LogP contribution in [0.4, 0.5) is 4.39 Å². The van der Waals surface area contributed by atoms with Crippen LogP contribution in [0.1, 0.15) is 50.3 Å². The van der Waals surface area contributed by atoms with Crippen molar-refractivity contribution in [2.75, 3.05) is 0 Å². The summed E-state index contributed by atoms with van der Waals surface area (Å²) in [5, 5.41) is 8.17. The van der Waals surface area contributed by atoms with Crippen molar-refractivity contribution < 1.29 is 4.39 Å². The van der Waals surface area contributed by atoms with Crippen LogP contribution >= 0.6 is 0 Å². The number of halogens is 1. The lowest BCUT2D eigenvalue weighted by Gasteiger charge is -2.26. The highest BCUT2D eigenvalue weighted by Gasteiger charge is 2.18. The van der Waals surface area contributed by atoms with Crippen molar-refractivity contribution >= 4 is 0 Å². The van der Waals surface area contributed by atoms with E-state index < -0.39 is 0 Å². The van der Waals surface area contributed by atoms with Gasteiger partial charge in [-0.3, -0.25) is 0 Å². The Kier molecular flexibility index (Phi) is 5.04. The second-order valence-corrected chi connectivity index (χ2v) is 7.03. The van der Waals surface area contributed by atoms with Gasteiger partial charge in [0, 0.05) is 5.56 Å². The van der Waals surface area contributed by atoms with Crippen LogP contribution in [0.15, 0.2) is 30.3 Å². The highest BCUT2D eigenvalue weighted by molar-refractivity contribution is 5.59. The molecular weight excluding hydrogens is 287 g/mol. The van der Waals surface area contributed by atoms with E-state index >= 15 is 0 Å². The molecule has 0 bridgehead atoms. The molecule has 122 valence electrons. The summed E-state index contributed by atoms with van der Waals surface area (Å²) in [5.41, 5.74) is 3.22. The van der Waals surface area contributed by atoms with Gasteiger partial charge in [-0.2, -0.15) is 10.2 Å². The molecule has 2 aromatic rings. The fourth-order valence-electron chi connectivity index (χ4n) is 3.44. The summed E-state index contributed by atoms with van der Waals surface area (Å²) in [5.74, 6) is 1.53. The van der Waals surface area contributed by atoms with Gasteiger partial charge in [0.15, 0.2) is 0 Å². The molecule has 0 N–H and O–H groups in total. The van der Waals surface area contributed by atoms with Crippen LogP contribution in [-0.4, -0.2) is 10.2 Å². The minimum absolute atomic E-state index is 0.117. The molecule has 0 saturated heterocycles. The quantitative estimate of drug-likeness (QED) is 0.760. The number of hydrogen-bond acceptors (Lipinski definition) is 2. The molecule has 1 saturated carbocycles. The molecule has 0 atom stereocenters. The molecule has 1 aliphatic carbocycles. The van der Waals surface area contributed by atoms with Gasteiger partial charge in [0.1, 0.15) is 5.82 Å². The first-order valence-electron chi connectivity index (χ1n) is 8.71. The summed E-state index contributed by atoms with van der Waals surface area (Å²) in [6.45, 7) is 4.23. The Balaban J connectivity index is 1.64. The third-order valence-corrected chi connectivity index (χ3v) is 5.10. The molecule has 0 spiro atoms. The average Bonchev–Trinajstić information content (AvgIpc) is 2.56. The van der Waals surface area contributed by atoms with E-state index in [4.69, 9.17) is 0 Å². The van der Waals surface area contributed by atoms with E-state index in [1.54, 1.807) is 6.07 Å². The van der Waals surface area contributed by atoms with Crippen molar-refractivity contribution in [3.05, 3.63) is 47.4 Å². The lowest BCUT2D eigenvalue weighted by molar-refractivity contribution is 0.277. The maximum absolute atomic E-state index is 14.4. The fourth-order valence-corrected chi connectivity index (χ4v) is 3.44. The average molecular weight is 312 g/mol. The number of hydrogen-bond donors (Lipinski definition) is 0. The first kappa shape index (κ1) is 16.1. The zero-order chi connectivity index (χ0) is 16.2. The monoisotopic (exact) mass is 312 g/mol. The molecule has 0 aliphatic heterocycles. The predicted octanol–water partition coefficient (Wildman–Crippen LogP) is 5.35. The first-order valence-corrected chi connectivity index (χ1v) is 8.71. The van der Waals surface area contributed by atoms with Gasteiger partial charge < -0.3 is 0 Å². The molecule has 1 aromatic heterocycles. The second kappa shape index (κ2) is 7.20. The molecule has 0 unspecified atom stereocenters. The Morgan fingerprint density at radius 1 is 1.04 bits per heavy atom. The largest absolute Gasteiger partial charge is 0.207 e. The minimum atomic E-state index is -0.117. The second-order valence-electron chi connectivity index (χ2n) is 7.03. The number of benzene rings is 1. The van der Waals surface area contributed by atoms with E-state index in [9.17, 15) is 4.39 Å². The highest BCUT2D eigenvalue weighted by atomic mass is 19.1. The van der Waals surface area contributed by atoms with E-state index in [-0.39, 0.29) is 5.82 Å². The van der Waals surface area contributed by atoms with Gasteiger partial charge in [0.05, 0.1) is 11.4 Å². The summed E-state index contributed by atoms with van der Waals surface area (Å²) in [6.07, 6.45) is 7.22. The van der Waals surface area contributed by atoms with E-state index in [1.807, 2.05) is 31.2 Å². The van der Waals surface area contributed by atoms with E-state index in [0.29, 0.717) is 0 Å². The molecule has 1 heterocycles. The van der Waals surface area contributed by atoms with E-state index in [1.165, 1.54) is 25.7 Å². The van der Waals surface area contributed by atoms with Crippen LogP contribution in [0.3, 0.4) is 0 Å². The van der Waals surface area contributed by atoms with Crippen molar-refractivity contribution in [1.82, 2.24) is 10.2 Å². The predicted molar refractivity (Wildman–Crippen MR) is 91.6 cm³/mol. The maximum atomic E-state index is 14.4. The third kappa shape index (κ3) is 4.15. The van der Waals surface area contributed by atoms with Gasteiger partial charge in [-0.15, -0.1) is 0 Å². The molecule has 0 radical (unpaired) electrons. The van der Waals surface area contributed by atoms with Gasteiger partial charge in [0.2, 0.25) is 0 Å². The normalized spacial score (nSPS) is 21.3. The SMILES string of the molecule is Cc1ccc(-c2ccc(CCC3CCC(C)CC3)c(F)c2)nn1. The summed E-state index contributed by atoms with van der Waals surface area (Å²) in [6, 6.07) is 9.26. The lowest BCUT2D eigenvalue weighted by Crippen LogP contribution is -2.13.